The fourth-order valence-electron chi connectivity index (χ4n) is 4.17. The van der Waals surface area contributed by atoms with Gasteiger partial charge in [0.15, 0.2) is 5.65 Å². The van der Waals surface area contributed by atoms with Gasteiger partial charge in [0.05, 0.1) is 6.20 Å². The molecule has 1 N–H and O–H groups in total. The summed E-state index contributed by atoms with van der Waals surface area (Å²) in [6.07, 6.45) is 6.83. The van der Waals surface area contributed by atoms with Gasteiger partial charge < -0.3 is 5.32 Å². The maximum Gasteiger partial charge on any atom is 0.243 e. The van der Waals surface area contributed by atoms with Gasteiger partial charge in [0, 0.05) is 30.0 Å². The Labute approximate surface area is 168 Å². The molecule has 0 fully saturated rings. The highest BCUT2D eigenvalue weighted by Crippen LogP contribution is 2.27. The van der Waals surface area contributed by atoms with Gasteiger partial charge in [0.1, 0.15) is 5.82 Å². The summed E-state index contributed by atoms with van der Waals surface area (Å²) in [5.41, 5.74) is 5.91. The summed E-state index contributed by atoms with van der Waals surface area (Å²) in [4.78, 5) is 4.74. The van der Waals surface area contributed by atoms with E-state index in [1.807, 2.05) is 30.6 Å². The minimum absolute atomic E-state index is 0.201. The lowest BCUT2D eigenvalue weighted by Crippen LogP contribution is -2.28. The van der Waals surface area contributed by atoms with Gasteiger partial charge in [-0.05, 0) is 74.1 Å². The van der Waals surface area contributed by atoms with Gasteiger partial charge >= 0.3 is 0 Å². The number of benzene rings is 1. The maximum absolute atomic E-state index is 13.7. The Morgan fingerprint density at radius 1 is 1.28 bits per heavy atom. The van der Waals surface area contributed by atoms with Crippen LogP contribution >= 0.6 is 0 Å². The molecule has 0 spiro atoms. The first-order valence-electron chi connectivity index (χ1n) is 10.0. The Bertz CT molecular complexity index is 1190. The lowest BCUT2D eigenvalue weighted by atomic mass is 9.93. The molecule has 3 heterocycles. The molecule has 1 atom stereocenters. The van der Waals surface area contributed by atoms with E-state index in [2.05, 4.69) is 27.1 Å². The fourth-order valence-corrected chi connectivity index (χ4v) is 4.17. The molecule has 0 saturated heterocycles. The van der Waals surface area contributed by atoms with Crippen molar-refractivity contribution in [1.29, 1.82) is 0 Å². The van der Waals surface area contributed by atoms with E-state index in [-0.39, 0.29) is 11.9 Å². The van der Waals surface area contributed by atoms with Gasteiger partial charge in [-0.1, -0.05) is 6.07 Å². The highest BCUT2D eigenvalue weighted by atomic mass is 19.1. The summed E-state index contributed by atoms with van der Waals surface area (Å²) in [6.45, 7) is 4.80. The van der Waals surface area contributed by atoms with Crippen LogP contribution in [0, 0.1) is 12.7 Å². The van der Waals surface area contributed by atoms with Crippen LogP contribution in [0.1, 0.15) is 30.2 Å². The molecule has 0 unspecified atom stereocenters. The molecular formula is C22H23FN6. The molecule has 1 aliphatic carbocycles. The zero-order chi connectivity index (χ0) is 20.0. The highest BCUT2D eigenvalue weighted by Gasteiger charge is 2.23. The lowest BCUT2D eigenvalue weighted by Gasteiger charge is -2.23. The number of pyridine rings is 1. The number of nitrogens with zero attached hydrogens (tertiary/aromatic N) is 5. The second-order valence-electron chi connectivity index (χ2n) is 7.61. The monoisotopic (exact) mass is 390 g/mol. The molecule has 1 aromatic carbocycles. The molecule has 1 aliphatic rings. The first-order valence-corrected chi connectivity index (χ1v) is 10.0. The maximum atomic E-state index is 13.7. The van der Waals surface area contributed by atoms with Gasteiger partial charge in [-0.15, -0.1) is 5.10 Å². The molecule has 0 saturated carbocycles. The van der Waals surface area contributed by atoms with Crippen molar-refractivity contribution in [2.45, 2.75) is 45.7 Å². The number of aryl methyl sites for hydroxylation is 2. The van der Waals surface area contributed by atoms with E-state index in [1.54, 1.807) is 17.5 Å². The van der Waals surface area contributed by atoms with Crippen LogP contribution in [0.15, 0.2) is 42.7 Å². The van der Waals surface area contributed by atoms with Gasteiger partial charge in [0.25, 0.3) is 0 Å². The van der Waals surface area contributed by atoms with Gasteiger partial charge in [-0.25, -0.2) is 8.91 Å². The number of hydrogen-bond donors (Lipinski definition) is 1. The molecule has 0 amide bonds. The van der Waals surface area contributed by atoms with Crippen LogP contribution in [0.25, 0.3) is 16.8 Å². The average molecular weight is 390 g/mol. The summed E-state index contributed by atoms with van der Waals surface area (Å²) in [6, 6.07) is 9.34. The third-order valence-electron chi connectivity index (χ3n) is 5.70. The topological polar surface area (TPSA) is 60.0 Å². The van der Waals surface area contributed by atoms with Gasteiger partial charge in [0.2, 0.25) is 5.95 Å². The number of rotatable bonds is 4. The fraction of sp³-hybridized carbons (Fsp3) is 0.318. The van der Waals surface area contributed by atoms with Crippen molar-refractivity contribution in [2.24, 2.45) is 0 Å². The second kappa shape index (κ2) is 6.99. The number of nitrogens with one attached hydrogen (secondary N) is 1. The molecule has 0 aliphatic heterocycles. The number of halogens is 1. The van der Waals surface area contributed by atoms with E-state index >= 15 is 0 Å². The van der Waals surface area contributed by atoms with E-state index in [0.29, 0.717) is 11.5 Å². The Kier molecular flexibility index (Phi) is 4.30. The minimum Gasteiger partial charge on any atom is -0.350 e. The Balaban J connectivity index is 1.43. The summed E-state index contributed by atoms with van der Waals surface area (Å²) in [5.74, 6) is 0.417. The van der Waals surface area contributed by atoms with Crippen molar-refractivity contribution in [3.63, 3.8) is 0 Å². The van der Waals surface area contributed by atoms with Crippen LogP contribution in [-0.4, -0.2) is 30.4 Å². The highest BCUT2D eigenvalue weighted by molar-refractivity contribution is 5.78. The zero-order valence-electron chi connectivity index (χ0n) is 16.6. The number of aromatic nitrogens is 5. The van der Waals surface area contributed by atoms with Crippen molar-refractivity contribution in [2.75, 3.05) is 5.32 Å². The second-order valence-corrected chi connectivity index (χ2v) is 7.61. The third-order valence-corrected chi connectivity index (χ3v) is 5.70. The van der Waals surface area contributed by atoms with Crippen LogP contribution in [-0.2, 0) is 19.4 Å². The largest absolute Gasteiger partial charge is 0.350 e. The van der Waals surface area contributed by atoms with Crippen molar-refractivity contribution in [3.8, 4) is 11.1 Å². The number of hydrogen-bond acceptors (Lipinski definition) is 4. The Morgan fingerprint density at radius 2 is 2.17 bits per heavy atom. The van der Waals surface area contributed by atoms with Crippen molar-refractivity contribution < 1.29 is 4.39 Å². The molecule has 4 aromatic rings. The van der Waals surface area contributed by atoms with E-state index in [9.17, 15) is 4.39 Å². The first kappa shape index (κ1) is 17.8. The van der Waals surface area contributed by atoms with Gasteiger partial charge in [-0.3, -0.25) is 4.68 Å². The summed E-state index contributed by atoms with van der Waals surface area (Å²) >= 11 is 0. The summed E-state index contributed by atoms with van der Waals surface area (Å²) in [5, 5.41) is 12.6. The quantitative estimate of drug-likeness (QED) is 0.572. The Morgan fingerprint density at radius 3 is 3.00 bits per heavy atom. The SMILES string of the molecule is CCn1ncc2c1CC[C@H](Nc1nc3c(-c4ccc(F)c(C)c4)cccn3n1)C2. The van der Waals surface area contributed by atoms with Crippen LogP contribution in [0.2, 0.25) is 0 Å². The first-order chi connectivity index (χ1) is 14.1. The predicted molar refractivity (Wildman–Crippen MR) is 110 cm³/mol. The summed E-state index contributed by atoms with van der Waals surface area (Å²) < 4.78 is 17.5. The number of anilines is 1. The predicted octanol–water partition coefficient (Wildman–Crippen LogP) is 4.03. The van der Waals surface area contributed by atoms with Crippen molar-refractivity contribution in [3.05, 3.63) is 65.4 Å². The smallest absolute Gasteiger partial charge is 0.243 e. The van der Waals surface area contributed by atoms with E-state index in [0.717, 1.165) is 42.6 Å². The van der Waals surface area contributed by atoms with Crippen LogP contribution in [0.5, 0.6) is 0 Å². The molecule has 6 nitrogen and oxygen atoms in total. The average Bonchev–Trinajstić information content (AvgIpc) is 3.32. The van der Waals surface area contributed by atoms with E-state index in [4.69, 9.17) is 4.98 Å². The van der Waals surface area contributed by atoms with E-state index in [1.165, 1.54) is 17.3 Å². The molecule has 29 heavy (non-hydrogen) atoms. The van der Waals surface area contributed by atoms with Crippen LogP contribution in [0.3, 0.4) is 0 Å². The summed E-state index contributed by atoms with van der Waals surface area (Å²) in [7, 11) is 0. The molecule has 0 bridgehead atoms. The molecule has 148 valence electrons. The zero-order valence-corrected chi connectivity index (χ0v) is 16.6. The Hall–Kier alpha value is -3.22. The van der Waals surface area contributed by atoms with E-state index < -0.39 is 0 Å². The van der Waals surface area contributed by atoms with Crippen molar-refractivity contribution >= 4 is 11.6 Å². The van der Waals surface area contributed by atoms with Gasteiger partial charge in [-0.2, -0.15) is 10.1 Å². The third kappa shape index (κ3) is 3.16. The number of fused-ring (bicyclic) bond motifs is 2. The molecule has 5 rings (SSSR count). The standard InChI is InChI=1S/C22H23FN6/c1-3-28-20-9-7-17(12-16(20)13-24-28)25-22-26-21-18(5-4-10-29(21)27-22)15-6-8-19(23)14(2)11-15/h4-6,8,10-11,13,17H,3,7,9,12H2,1-2H3,(H,25,27)/t17-/m0/s1. The normalized spacial score (nSPS) is 16.2. The molecule has 7 heteroatoms. The van der Waals surface area contributed by atoms with Crippen molar-refractivity contribution in [1.82, 2.24) is 24.4 Å². The molecule has 3 aromatic heterocycles. The van der Waals surface area contributed by atoms with Crippen LogP contribution in [0.4, 0.5) is 10.3 Å². The van der Waals surface area contributed by atoms with Crippen LogP contribution < -0.4 is 5.32 Å². The molecule has 0 radical (unpaired) electrons. The molecular weight excluding hydrogens is 367 g/mol. The minimum atomic E-state index is -0.201. The lowest BCUT2D eigenvalue weighted by molar-refractivity contribution is 0.552.